The molecule has 0 saturated heterocycles. The molecule has 2 aromatic rings. The summed E-state index contributed by atoms with van der Waals surface area (Å²) in [4.78, 5) is 13.5. The second kappa shape index (κ2) is 23.5. The number of rotatable bonds is 12. The molecule has 84 heavy (non-hydrogen) atoms. The van der Waals surface area contributed by atoms with E-state index in [0.29, 0.717) is 76.6 Å². The molecule has 10 aliphatic carbocycles. The molecule has 10 aliphatic rings. The van der Waals surface area contributed by atoms with E-state index in [9.17, 15) is 20.1 Å². The van der Waals surface area contributed by atoms with Crippen LogP contribution in [0.15, 0.2) is 85.0 Å². The third-order valence-corrected chi connectivity index (χ3v) is 30.1. The zero-order valence-corrected chi connectivity index (χ0v) is 55.5. The first-order valence-corrected chi connectivity index (χ1v) is 33.7. The number of esters is 1. The van der Waals surface area contributed by atoms with Crippen molar-refractivity contribution in [2.75, 3.05) is 26.8 Å². The summed E-state index contributed by atoms with van der Waals surface area (Å²) >= 11 is 0. The fourth-order valence-corrected chi connectivity index (χ4v) is 25.5. The average Bonchev–Trinajstić information content (AvgIpc) is 0.942. The van der Waals surface area contributed by atoms with Crippen LogP contribution in [0.3, 0.4) is 0 Å². The number of ether oxygens (including phenoxy) is 1. The molecule has 12 rings (SSSR count). The summed E-state index contributed by atoms with van der Waals surface area (Å²) in [6, 6.07) is 21.4. The predicted molar refractivity (Wildman–Crippen MR) is 347 cm³/mol. The first-order chi connectivity index (χ1) is 40.8. The van der Waals surface area contributed by atoms with Crippen LogP contribution in [0.5, 0.6) is 0 Å². The Labute approximate surface area is 515 Å². The van der Waals surface area contributed by atoms with Crippen molar-refractivity contribution < 1.29 is 27.6 Å². The number of hydrogen-bond acceptors (Lipinski definition) is 7. The normalized spacial score (nSPS) is 47.9. The lowest BCUT2D eigenvalue weighted by Gasteiger charge is -2.73. The SMILES string of the molecule is C=C(C)[C@@H]1CCC2(C(=O)OC)CC[C@]3(C)C(CCC4[C@@]5(C)CC[C@H](O)[C@@](C)(CNCc6ccccc6)C5CC[C@]43C)C12.C=C(C)[C@@H]1CCC2(CO)CC[C@]3(C)C(CCC4[C@@]5(C)CC[C@H](O)[C@@](C)(CNCc6ccccc6)C5CC[C@]43C)C12.[2H]C.[2H]C. The van der Waals surface area contributed by atoms with Gasteiger partial charge >= 0.3 is 5.97 Å². The Kier molecular flexibility index (Phi) is 17.6. The van der Waals surface area contributed by atoms with E-state index in [-0.39, 0.29) is 61.5 Å². The zero-order chi connectivity index (χ0) is 62.7. The summed E-state index contributed by atoms with van der Waals surface area (Å²) in [5.41, 5.74) is 6.31. The van der Waals surface area contributed by atoms with Gasteiger partial charge < -0.3 is 30.7 Å². The highest BCUT2D eigenvalue weighted by Crippen LogP contribution is 2.80. The van der Waals surface area contributed by atoms with E-state index in [1.54, 1.807) is 7.11 Å². The summed E-state index contributed by atoms with van der Waals surface area (Å²) < 4.78 is 17.0. The van der Waals surface area contributed by atoms with Crippen LogP contribution in [0.4, 0.5) is 0 Å². The number of methoxy groups -OCH3 is 1. The highest BCUT2D eigenvalue weighted by Gasteiger charge is 2.74. The molecular weight excluding hydrogens is 1030 g/mol. The van der Waals surface area contributed by atoms with Crippen LogP contribution in [-0.4, -0.2) is 60.3 Å². The van der Waals surface area contributed by atoms with Crippen LogP contribution in [0.2, 0.25) is 0 Å². The molecule has 10 unspecified atom stereocenters. The van der Waals surface area contributed by atoms with Gasteiger partial charge in [0.25, 0.3) is 0 Å². The van der Waals surface area contributed by atoms with Crippen LogP contribution >= 0.6 is 0 Å². The van der Waals surface area contributed by atoms with Gasteiger partial charge in [0, 0.05) is 46.4 Å². The Balaban J connectivity index is 0.000000195. The number of aliphatic hydroxyl groups excluding tert-OH is 3. The number of hydrogen-bond donors (Lipinski definition) is 5. The van der Waals surface area contributed by atoms with Crippen LogP contribution in [0.25, 0.3) is 0 Å². The van der Waals surface area contributed by atoms with Crippen molar-refractivity contribution in [3.05, 3.63) is 96.1 Å². The number of benzene rings is 2. The minimum atomic E-state index is -0.329. The predicted octanol–water partition coefficient (Wildman–Crippen LogP) is 17.0. The first-order valence-electron chi connectivity index (χ1n) is 35.7. The highest BCUT2D eigenvalue weighted by molar-refractivity contribution is 5.78. The van der Waals surface area contributed by atoms with Crippen molar-refractivity contribution in [2.24, 2.45) is 113 Å². The topological polar surface area (TPSA) is 111 Å². The third kappa shape index (κ3) is 9.63. The summed E-state index contributed by atoms with van der Waals surface area (Å²) in [6.07, 6.45) is 22.6. The number of carbonyl (C=O) groups excluding carboxylic acids is 1. The van der Waals surface area contributed by atoms with E-state index in [1.165, 1.54) is 114 Å². The molecule has 0 amide bonds. The van der Waals surface area contributed by atoms with Gasteiger partial charge in [-0.3, -0.25) is 4.79 Å². The van der Waals surface area contributed by atoms with Crippen LogP contribution < -0.4 is 10.6 Å². The van der Waals surface area contributed by atoms with E-state index in [0.717, 1.165) is 77.5 Å². The summed E-state index contributed by atoms with van der Waals surface area (Å²) in [5.74, 6) is 5.59. The molecule has 0 aromatic heterocycles. The lowest BCUT2D eigenvalue weighted by atomic mass is 9.32. The van der Waals surface area contributed by atoms with E-state index < -0.39 is 0 Å². The highest BCUT2D eigenvalue weighted by atomic mass is 16.5. The van der Waals surface area contributed by atoms with Crippen molar-refractivity contribution in [2.45, 2.75) is 238 Å². The van der Waals surface area contributed by atoms with Gasteiger partial charge in [0.15, 0.2) is 0 Å². The third-order valence-electron chi connectivity index (χ3n) is 30.1. The zero-order valence-electron chi connectivity index (χ0n) is 57.5. The van der Waals surface area contributed by atoms with Crippen molar-refractivity contribution >= 4 is 5.97 Å². The monoisotopic (exact) mass is 1160 g/mol. The summed E-state index contributed by atoms with van der Waals surface area (Å²) in [5, 5.41) is 41.5. The second-order valence-electron chi connectivity index (χ2n) is 32.8. The van der Waals surface area contributed by atoms with Crippen molar-refractivity contribution in [3.8, 4) is 0 Å². The van der Waals surface area contributed by atoms with E-state index in [2.05, 4.69) is 154 Å². The Morgan fingerprint density at radius 3 is 1.40 bits per heavy atom. The Hall–Kier alpha value is -2.81. The second-order valence-corrected chi connectivity index (χ2v) is 32.8. The molecule has 2 aromatic carbocycles. The van der Waals surface area contributed by atoms with Crippen LogP contribution in [0, 0.1) is 113 Å². The standard InChI is InChI=1S/C38H57NO3.C37H57NO2.2CH4/c1-25(2)27-15-20-38(33(41)42-7)22-21-36(5)28(32(27)38)13-14-30-34(3)18-17-31(40)35(4,29(34)16-19-37(30,36)6)24-39-23-26-11-9-8-10-12-26;1-25(2)27-14-19-37(24-39)21-20-35(5)28(32(27)37)12-13-30-33(3)17-16-31(40)34(4,29(33)15-18-36(30,35)6)23-38-22-26-10-8-7-9-11-26;;/h8-12,27-32,39-40H,1,13-24H2,2-7H3;7-11,27-32,38-40H,1,12-24H2,2-6H3;2*1H4/t27-,28?,29?,30?,31-,32?,34-,35-,36+,37+,38?;27-,28?,29?,30?,31-,32?,33-,34-,35+,36+,37?;;/m00../s1/i;;2*1D. The summed E-state index contributed by atoms with van der Waals surface area (Å²) in [7, 11) is 4.10. The minimum absolute atomic E-state index is 0.0429. The maximum absolute atomic E-state index is 13.5. The molecule has 0 spiro atoms. The molecule has 7 nitrogen and oxygen atoms in total. The Morgan fingerprint density at radius 1 is 0.536 bits per heavy atom. The molecule has 0 aliphatic heterocycles. The molecule has 10 saturated carbocycles. The Bertz CT molecular complexity index is 2670. The molecule has 22 atom stereocenters. The molecular formula is C77H122N2O5. The van der Waals surface area contributed by atoms with E-state index in [1.807, 2.05) is 0 Å². The van der Waals surface area contributed by atoms with Gasteiger partial charge in [0.1, 0.15) is 0 Å². The number of carbonyl (C=O) groups is 1. The van der Waals surface area contributed by atoms with Crippen molar-refractivity contribution in [3.63, 3.8) is 0 Å². The summed E-state index contributed by atoms with van der Waals surface area (Å²) in [6.45, 7) is 37.9. The number of nitrogens with one attached hydrogen (secondary N) is 2. The molecule has 0 bridgehead atoms. The average molecular weight is 1160 g/mol. The van der Waals surface area contributed by atoms with Crippen LogP contribution in [-0.2, 0) is 22.6 Å². The quantitative estimate of drug-likeness (QED) is 0.106. The van der Waals surface area contributed by atoms with Gasteiger partial charge in [-0.05, 0) is 250 Å². The van der Waals surface area contributed by atoms with Gasteiger partial charge in [0.2, 0.25) is 0 Å². The van der Waals surface area contributed by atoms with Crippen LogP contribution in [0.1, 0.15) is 226 Å². The molecule has 7 heteroatoms. The molecule has 10 fully saturated rings. The fourth-order valence-electron chi connectivity index (χ4n) is 25.5. The maximum Gasteiger partial charge on any atom is 0.312 e. The minimum Gasteiger partial charge on any atom is -0.469 e. The van der Waals surface area contributed by atoms with E-state index >= 15 is 0 Å². The molecule has 0 heterocycles. The lowest BCUT2D eigenvalue weighted by molar-refractivity contribution is -0.251. The Morgan fingerprint density at radius 2 is 0.964 bits per heavy atom. The van der Waals surface area contributed by atoms with Crippen molar-refractivity contribution in [1.82, 2.24) is 10.6 Å². The number of fused-ring (bicyclic) bond motifs is 14. The molecule has 5 N–H and O–H groups in total. The first kappa shape index (κ1) is 62.8. The lowest BCUT2D eigenvalue weighted by Crippen LogP contribution is -2.68. The van der Waals surface area contributed by atoms with Gasteiger partial charge in [-0.15, -0.1) is 0 Å². The smallest absolute Gasteiger partial charge is 0.312 e. The number of allylic oxidation sites excluding steroid dienone is 2. The van der Waals surface area contributed by atoms with Gasteiger partial charge in [-0.25, -0.2) is 0 Å². The van der Waals surface area contributed by atoms with Gasteiger partial charge in [0.05, 0.1) is 24.7 Å². The molecule has 470 valence electrons. The van der Waals surface area contributed by atoms with Crippen molar-refractivity contribution in [1.29, 1.82) is 0 Å². The largest absolute Gasteiger partial charge is 0.469 e. The fraction of sp³-hybridized carbons (Fsp3) is 0.779. The van der Waals surface area contributed by atoms with Gasteiger partial charge in [-0.1, -0.05) is 155 Å². The van der Waals surface area contributed by atoms with Gasteiger partial charge in [-0.2, -0.15) is 0 Å². The van der Waals surface area contributed by atoms with E-state index in [4.69, 9.17) is 7.48 Å². The number of aliphatic hydroxyl groups is 3. The molecule has 0 radical (unpaired) electrons. The maximum atomic E-state index is 13.5.